The van der Waals surface area contributed by atoms with Crippen molar-refractivity contribution in [1.29, 1.82) is 0 Å². The fourth-order valence-corrected chi connectivity index (χ4v) is 4.15. The molecule has 0 aliphatic carbocycles. The van der Waals surface area contributed by atoms with Crippen molar-refractivity contribution >= 4 is 22.6 Å². The predicted molar refractivity (Wildman–Crippen MR) is 129 cm³/mol. The highest BCUT2D eigenvalue weighted by Gasteiger charge is 2.30. The van der Waals surface area contributed by atoms with E-state index >= 15 is 0 Å². The molecule has 0 fully saturated rings. The van der Waals surface area contributed by atoms with E-state index in [2.05, 4.69) is 5.32 Å². The first-order valence-electron chi connectivity index (χ1n) is 11.2. The highest BCUT2D eigenvalue weighted by molar-refractivity contribution is 6.12. The molecule has 4 aromatic carbocycles. The van der Waals surface area contributed by atoms with Gasteiger partial charge >= 0.3 is 12.1 Å². The lowest BCUT2D eigenvalue weighted by atomic mass is 9.94. The molecule has 4 rings (SSSR count). The van der Waals surface area contributed by atoms with Gasteiger partial charge in [-0.25, -0.2) is 9.18 Å². The number of aromatic carboxylic acids is 1. The molecule has 0 radical (unpaired) electrons. The lowest BCUT2D eigenvalue weighted by Crippen LogP contribution is -2.41. The zero-order chi connectivity index (χ0) is 26.7. The molecule has 4 aromatic rings. The van der Waals surface area contributed by atoms with E-state index in [9.17, 15) is 37.4 Å². The zero-order valence-electron chi connectivity index (χ0n) is 19.2. The molecule has 1 amide bonds. The minimum absolute atomic E-state index is 0.0137. The third kappa shape index (κ3) is 5.78. The number of alkyl halides is 3. The van der Waals surface area contributed by atoms with Gasteiger partial charge in [-0.15, -0.1) is 0 Å². The number of halogens is 4. The van der Waals surface area contributed by atoms with Crippen LogP contribution < -0.4 is 5.32 Å². The second-order valence-electron chi connectivity index (χ2n) is 8.49. The Bertz CT molecular complexity index is 1430. The molecule has 9 heteroatoms. The number of nitrogens with one attached hydrogen (secondary N) is 1. The summed E-state index contributed by atoms with van der Waals surface area (Å²) in [6, 6.07) is 17.5. The standard InChI is InChI=1S/C28H21F4NO4/c29-19-11-7-17(8-12-19)25(34)24(15-16-5-9-18(10-6-16)28(30,31)32)33-26(35)22-13-14-23(27(36)37)21-4-2-1-3-20(21)22/h1-14,24-25,34H,15H2,(H,33,35)(H,36,37). The maximum absolute atomic E-state index is 13.4. The number of hydrogen-bond donors (Lipinski definition) is 3. The molecule has 2 atom stereocenters. The third-order valence-corrected chi connectivity index (χ3v) is 6.05. The number of benzene rings is 4. The Labute approximate surface area is 209 Å². The van der Waals surface area contributed by atoms with Gasteiger partial charge in [0.15, 0.2) is 0 Å². The van der Waals surface area contributed by atoms with Gasteiger partial charge in [0.25, 0.3) is 5.91 Å². The number of hydrogen-bond acceptors (Lipinski definition) is 3. The Hall–Kier alpha value is -4.24. The smallest absolute Gasteiger partial charge is 0.416 e. The van der Waals surface area contributed by atoms with Gasteiger partial charge < -0.3 is 15.5 Å². The molecule has 5 nitrogen and oxygen atoms in total. The molecule has 0 aromatic heterocycles. The molecular weight excluding hydrogens is 490 g/mol. The predicted octanol–water partition coefficient (Wildman–Crippen LogP) is 5.77. The van der Waals surface area contributed by atoms with Crippen LogP contribution in [0, 0.1) is 5.82 Å². The van der Waals surface area contributed by atoms with Crippen LogP contribution in [0.1, 0.15) is 43.5 Å². The molecule has 0 spiro atoms. The summed E-state index contributed by atoms with van der Waals surface area (Å²) in [7, 11) is 0. The van der Waals surface area contributed by atoms with Gasteiger partial charge in [-0.1, -0.05) is 48.5 Å². The molecule has 2 unspecified atom stereocenters. The van der Waals surface area contributed by atoms with Crippen molar-refractivity contribution < 1.29 is 37.4 Å². The Kier molecular flexibility index (Phi) is 7.26. The number of rotatable bonds is 7. The van der Waals surface area contributed by atoms with Crippen molar-refractivity contribution in [2.24, 2.45) is 0 Å². The van der Waals surface area contributed by atoms with Gasteiger partial charge in [0.1, 0.15) is 5.82 Å². The van der Waals surface area contributed by atoms with Crippen molar-refractivity contribution in [1.82, 2.24) is 5.32 Å². The van der Waals surface area contributed by atoms with Crippen molar-refractivity contribution in [3.05, 3.63) is 119 Å². The molecule has 3 N–H and O–H groups in total. The summed E-state index contributed by atoms with van der Waals surface area (Å²) in [5, 5.41) is 24.0. The lowest BCUT2D eigenvalue weighted by Gasteiger charge is -2.25. The normalized spacial score (nSPS) is 13.2. The molecule has 0 aliphatic heterocycles. The Morgan fingerprint density at radius 1 is 0.811 bits per heavy atom. The molecule has 0 bridgehead atoms. The van der Waals surface area contributed by atoms with Crippen LogP contribution in [0.25, 0.3) is 10.8 Å². The summed E-state index contributed by atoms with van der Waals surface area (Å²) < 4.78 is 52.3. The Balaban J connectivity index is 1.68. The first kappa shape index (κ1) is 25.8. The van der Waals surface area contributed by atoms with Crippen molar-refractivity contribution in [3.8, 4) is 0 Å². The van der Waals surface area contributed by atoms with Crippen molar-refractivity contribution in [2.75, 3.05) is 0 Å². The molecule has 0 saturated carbocycles. The minimum atomic E-state index is -4.51. The number of carbonyl (C=O) groups excluding carboxylic acids is 1. The van der Waals surface area contributed by atoms with E-state index in [0.29, 0.717) is 21.9 Å². The minimum Gasteiger partial charge on any atom is -0.478 e. The van der Waals surface area contributed by atoms with Crippen LogP contribution in [0.15, 0.2) is 84.9 Å². The zero-order valence-corrected chi connectivity index (χ0v) is 19.2. The third-order valence-electron chi connectivity index (χ3n) is 6.05. The van der Waals surface area contributed by atoms with Gasteiger partial charge in [0.05, 0.1) is 23.3 Å². The van der Waals surface area contributed by atoms with E-state index in [0.717, 1.165) is 24.3 Å². The summed E-state index contributed by atoms with van der Waals surface area (Å²) in [6.45, 7) is 0. The average Bonchev–Trinajstić information content (AvgIpc) is 2.87. The van der Waals surface area contributed by atoms with Gasteiger partial charge in [-0.2, -0.15) is 13.2 Å². The maximum atomic E-state index is 13.4. The summed E-state index contributed by atoms with van der Waals surface area (Å²) in [5.74, 6) is -2.30. The molecule has 0 aliphatic rings. The molecule has 37 heavy (non-hydrogen) atoms. The fraction of sp³-hybridized carbons (Fsp3) is 0.143. The number of aliphatic hydroxyl groups is 1. The lowest BCUT2D eigenvalue weighted by molar-refractivity contribution is -0.137. The number of amides is 1. The number of aliphatic hydroxyl groups excluding tert-OH is 1. The first-order chi connectivity index (χ1) is 17.5. The van der Waals surface area contributed by atoms with E-state index in [1.165, 1.54) is 36.4 Å². The van der Waals surface area contributed by atoms with E-state index in [1.54, 1.807) is 24.3 Å². The maximum Gasteiger partial charge on any atom is 0.416 e. The topological polar surface area (TPSA) is 86.6 Å². The van der Waals surface area contributed by atoms with E-state index < -0.39 is 41.6 Å². The quantitative estimate of drug-likeness (QED) is 0.275. The second-order valence-corrected chi connectivity index (χ2v) is 8.49. The van der Waals surface area contributed by atoms with Gasteiger partial charge in [0.2, 0.25) is 0 Å². The monoisotopic (exact) mass is 511 g/mol. The van der Waals surface area contributed by atoms with Crippen LogP contribution in [0.2, 0.25) is 0 Å². The fourth-order valence-electron chi connectivity index (χ4n) is 4.15. The summed E-state index contributed by atoms with van der Waals surface area (Å²) in [4.78, 5) is 24.9. The molecule has 0 saturated heterocycles. The van der Waals surface area contributed by atoms with Crippen LogP contribution in [-0.4, -0.2) is 28.1 Å². The van der Waals surface area contributed by atoms with Crippen molar-refractivity contribution in [3.63, 3.8) is 0 Å². The summed E-state index contributed by atoms with van der Waals surface area (Å²) >= 11 is 0. The largest absolute Gasteiger partial charge is 0.478 e. The Morgan fingerprint density at radius 2 is 1.38 bits per heavy atom. The van der Waals surface area contributed by atoms with Crippen LogP contribution in [-0.2, 0) is 12.6 Å². The van der Waals surface area contributed by atoms with Gasteiger partial charge in [0, 0.05) is 5.56 Å². The highest BCUT2D eigenvalue weighted by Crippen LogP contribution is 2.30. The van der Waals surface area contributed by atoms with Crippen LogP contribution in [0.4, 0.5) is 17.6 Å². The van der Waals surface area contributed by atoms with Gasteiger partial charge in [-0.05, 0) is 64.7 Å². The second kappa shape index (κ2) is 10.4. The first-order valence-corrected chi connectivity index (χ1v) is 11.2. The molecule has 190 valence electrons. The Morgan fingerprint density at radius 3 is 1.95 bits per heavy atom. The van der Waals surface area contributed by atoms with E-state index in [4.69, 9.17) is 0 Å². The summed E-state index contributed by atoms with van der Waals surface area (Å²) in [6.07, 6.45) is -5.87. The number of carboxylic acid groups (broad SMARTS) is 1. The van der Waals surface area contributed by atoms with E-state index in [-0.39, 0.29) is 17.5 Å². The summed E-state index contributed by atoms with van der Waals surface area (Å²) in [5.41, 5.74) is 0.0558. The van der Waals surface area contributed by atoms with Crippen LogP contribution in [0.5, 0.6) is 0 Å². The van der Waals surface area contributed by atoms with Crippen molar-refractivity contribution in [2.45, 2.75) is 24.7 Å². The highest BCUT2D eigenvalue weighted by atomic mass is 19.4. The van der Waals surface area contributed by atoms with E-state index in [1.807, 2.05) is 0 Å². The number of carboxylic acids is 1. The number of carbonyl (C=O) groups is 2. The van der Waals surface area contributed by atoms with Crippen LogP contribution in [0.3, 0.4) is 0 Å². The molecule has 0 heterocycles. The number of fused-ring (bicyclic) bond motifs is 1. The van der Waals surface area contributed by atoms with Crippen LogP contribution >= 0.6 is 0 Å². The molecular formula is C28H21F4NO4. The van der Waals surface area contributed by atoms with Gasteiger partial charge in [-0.3, -0.25) is 4.79 Å². The SMILES string of the molecule is O=C(O)c1ccc(C(=O)NC(Cc2ccc(C(F)(F)F)cc2)C(O)c2ccc(F)cc2)c2ccccc12. The average molecular weight is 511 g/mol.